The number of nitrogens with zero attached hydrogens (tertiary/aromatic N) is 4. The van der Waals surface area contributed by atoms with E-state index < -0.39 is 0 Å². The highest BCUT2D eigenvalue weighted by atomic mass is 16.3. The van der Waals surface area contributed by atoms with E-state index in [1.54, 1.807) is 12.3 Å². The SMILES string of the molecule is Cc1cccc(C)c1-n1c(-c2ccccc2O)nc2c(-c3cc(C#N)cc(-c4ccccn4)c3)cccc21. The second-order valence-corrected chi connectivity index (χ2v) is 9.33. The fourth-order valence-electron chi connectivity index (χ4n) is 5.09. The maximum atomic E-state index is 10.8. The topological polar surface area (TPSA) is 74.7 Å². The number of aromatic hydroxyl groups is 1. The van der Waals surface area contributed by atoms with Crippen LogP contribution in [0.25, 0.3) is 50.5 Å². The molecule has 5 nitrogen and oxygen atoms in total. The number of imidazole rings is 1. The molecule has 0 aliphatic heterocycles. The minimum absolute atomic E-state index is 0.167. The van der Waals surface area contributed by atoms with E-state index in [4.69, 9.17) is 4.98 Å². The third kappa shape index (κ3) is 3.89. The van der Waals surface area contributed by atoms with Crippen molar-refractivity contribution in [2.75, 3.05) is 0 Å². The predicted molar refractivity (Wildman–Crippen MR) is 151 cm³/mol. The van der Waals surface area contributed by atoms with Crippen LogP contribution in [-0.4, -0.2) is 19.6 Å². The fourth-order valence-corrected chi connectivity index (χ4v) is 5.09. The van der Waals surface area contributed by atoms with E-state index in [1.807, 2.05) is 66.7 Å². The van der Waals surface area contributed by atoms with Crippen molar-refractivity contribution in [1.82, 2.24) is 14.5 Å². The molecule has 2 heterocycles. The van der Waals surface area contributed by atoms with Crippen molar-refractivity contribution in [2.24, 2.45) is 0 Å². The lowest BCUT2D eigenvalue weighted by molar-refractivity contribution is 0.477. The Morgan fingerprint density at radius 2 is 1.47 bits per heavy atom. The number of phenols is 1. The molecule has 182 valence electrons. The van der Waals surface area contributed by atoms with Crippen LogP contribution in [0.2, 0.25) is 0 Å². The Morgan fingerprint density at radius 1 is 0.763 bits per heavy atom. The second kappa shape index (κ2) is 9.34. The summed E-state index contributed by atoms with van der Waals surface area (Å²) in [7, 11) is 0. The summed E-state index contributed by atoms with van der Waals surface area (Å²) in [6.45, 7) is 4.17. The van der Waals surface area contributed by atoms with E-state index in [2.05, 4.69) is 53.7 Å². The standard InChI is InChI=1S/C33H24N4O/c1-21-9-7-10-22(2)32(21)37-29-14-8-12-26(31(29)36-33(37)27-11-3-4-15-30(27)38)24-17-23(20-34)18-25(19-24)28-13-5-6-16-35-28/h3-19,38H,1-2H3. The number of phenolic OH excluding ortho intramolecular Hbond substituents is 1. The van der Waals surface area contributed by atoms with Gasteiger partial charge in [-0.05, 0) is 79.1 Å². The maximum Gasteiger partial charge on any atom is 0.149 e. The first kappa shape index (κ1) is 23.2. The number of fused-ring (bicyclic) bond motifs is 1. The van der Waals surface area contributed by atoms with Crippen molar-refractivity contribution in [3.63, 3.8) is 0 Å². The summed E-state index contributed by atoms with van der Waals surface area (Å²) < 4.78 is 2.13. The third-order valence-corrected chi connectivity index (χ3v) is 6.83. The van der Waals surface area contributed by atoms with Crippen LogP contribution in [0.15, 0.2) is 103 Å². The third-order valence-electron chi connectivity index (χ3n) is 6.83. The maximum absolute atomic E-state index is 10.8. The first-order valence-electron chi connectivity index (χ1n) is 12.4. The molecule has 0 bridgehead atoms. The monoisotopic (exact) mass is 492 g/mol. The van der Waals surface area contributed by atoms with Gasteiger partial charge in [-0.15, -0.1) is 0 Å². The van der Waals surface area contributed by atoms with Crippen molar-refractivity contribution in [2.45, 2.75) is 13.8 Å². The second-order valence-electron chi connectivity index (χ2n) is 9.33. The zero-order valence-electron chi connectivity index (χ0n) is 21.1. The molecule has 0 atom stereocenters. The lowest BCUT2D eigenvalue weighted by Gasteiger charge is -2.16. The highest BCUT2D eigenvalue weighted by Gasteiger charge is 2.21. The van der Waals surface area contributed by atoms with Gasteiger partial charge in [-0.3, -0.25) is 9.55 Å². The zero-order valence-corrected chi connectivity index (χ0v) is 21.1. The molecule has 0 unspecified atom stereocenters. The molecule has 6 aromatic rings. The molecule has 0 saturated carbocycles. The van der Waals surface area contributed by atoms with Crippen LogP contribution in [0.4, 0.5) is 0 Å². The predicted octanol–water partition coefficient (Wildman–Crippen LogP) is 7.62. The number of rotatable bonds is 4. The van der Waals surface area contributed by atoms with Crippen molar-refractivity contribution >= 4 is 11.0 Å². The van der Waals surface area contributed by atoms with Gasteiger partial charge in [-0.1, -0.05) is 48.5 Å². The largest absolute Gasteiger partial charge is 0.507 e. The molecule has 2 aromatic heterocycles. The number of aryl methyl sites for hydroxylation is 2. The molecule has 1 N–H and O–H groups in total. The number of hydrogen-bond donors (Lipinski definition) is 1. The van der Waals surface area contributed by atoms with Crippen molar-refractivity contribution in [1.29, 1.82) is 5.26 Å². The number of hydrogen-bond acceptors (Lipinski definition) is 4. The quantitative estimate of drug-likeness (QED) is 0.275. The summed E-state index contributed by atoms with van der Waals surface area (Å²) >= 11 is 0. The van der Waals surface area contributed by atoms with Crippen LogP contribution >= 0.6 is 0 Å². The van der Waals surface area contributed by atoms with Gasteiger partial charge in [0, 0.05) is 17.3 Å². The Morgan fingerprint density at radius 3 is 2.21 bits per heavy atom. The summed E-state index contributed by atoms with van der Waals surface area (Å²) in [6, 6.07) is 33.4. The van der Waals surface area contributed by atoms with Gasteiger partial charge in [0.05, 0.1) is 39.6 Å². The molecule has 38 heavy (non-hydrogen) atoms. The lowest BCUT2D eigenvalue weighted by Crippen LogP contribution is -2.02. The first-order valence-corrected chi connectivity index (χ1v) is 12.4. The summed E-state index contributed by atoms with van der Waals surface area (Å²) in [5, 5.41) is 20.6. The van der Waals surface area contributed by atoms with Gasteiger partial charge >= 0.3 is 0 Å². The van der Waals surface area contributed by atoms with Gasteiger partial charge in [-0.25, -0.2) is 4.98 Å². The molecule has 0 fully saturated rings. The van der Waals surface area contributed by atoms with Gasteiger partial charge in [-0.2, -0.15) is 5.26 Å². The Labute approximate surface area is 220 Å². The van der Waals surface area contributed by atoms with E-state index in [0.29, 0.717) is 17.0 Å². The lowest BCUT2D eigenvalue weighted by atomic mass is 9.97. The zero-order chi connectivity index (χ0) is 26.2. The Bertz CT molecular complexity index is 1840. The number of para-hydroxylation sites is 3. The average molecular weight is 493 g/mol. The minimum atomic E-state index is 0.167. The van der Waals surface area contributed by atoms with Crippen LogP contribution in [0, 0.1) is 25.2 Å². The van der Waals surface area contributed by atoms with Crippen LogP contribution < -0.4 is 0 Å². The van der Waals surface area contributed by atoms with E-state index >= 15 is 0 Å². The van der Waals surface area contributed by atoms with E-state index in [0.717, 1.165) is 50.2 Å². The number of pyridine rings is 1. The van der Waals surface area contributed by atoms with Gasteiger partial charge < -0.3 is 5.11 Å². The molecular formula is C33H24N4O. The van der Waals surface area contributed by atoms with Crippen LogP contribution in [0.5, 0.6) is 5.75 Å². The van der Waals surface area contributed by atoms with Crippen molar-refractivity contribution in [3.05, 3.63) is 120 Å². The van der Waals surface area contributed by atoms with E-state index in [9.17, 15) is 10.4 Å². The molecule has 0 aliphatic carbocycles. The van der Waals surface area contributed by atoms with E-state index in [-0.39, 0.29) is 5.75 Å². The number of aromatic nitrogens is 3. The highest BCUT2D eigenvalue weighted by molar-refractivity contribution is 5.97. The molecule has 4 aromatic carbocycles. The smallest absolute Gasteiger partial charge is 0.149 e. The van der Waals surface area contributed by atoms with Gasteiger partial charge in [0.2, 0.25) is 0 Å². The fraction of sp³-hybridized carbons (Fsp3) is 0.0606. The molecular weight excluding hydrogens is 468 g/mol. The highest BCUT2D eigenvalue weighted by Crippen LogP contribution is 2.39. The minimum Gasteiger partial charge on any atom is -0.507 e. The molecule has 5 heteroatoms. The average Bonchev–Trinajstić information content (AvgIpc) is 3.32. The Kier molecular flexibility index (Phi) is 5.71. The van der Waals surface area contributed by atoms with Crippen molar-refractivity contribution in [3.8, 4) is 51.3 Å². The Balaban J connectivity index is 1.68. The van der Waals surface area contributed by atoms with Gasteiger partial charge in [0.25, 0.3) is 0 Å². The van der Waals surface area contributed by atoms with Crippen LogP contribution in [0.1, 0.15) is 16.7 Å². The first-order chi connectivity index (χ1) is 18.5. The normalized spacial score (nSPS) is 11.0. The number of benzene rings is 4. The molecule has 6 rings (SSSR count). The molecule has 0 saturated heterocycles. The molecule has 0 radical (unpaired) electrons. The molecule has 0 spiro atoms. The Hall–Kier alpha value is -5.21. The van der Waals surface area contributed by atoms with Gasteiger partial charge in [0.15, 0.2) is 0 Å². The molecule has 0 amide bonds. The summed E-state index contributed by atoms with van der Waals surface area (Å²) in [4.78, 5) is 9.63. The summed E-state index contributed by atoms with van der Waals surface area (Å²) in [5.74, 6) is 0.824. The van der Waals surface area contributed by atoms with Crippen molar-refractivity contribution < 1.29 is 5.11 Å². The van der Waals surface area contributed by atoms with Gasteiger partial charge in [0.1, 0.15) is 11.6 Å². The summed E-state index contributed by atoms with van der Waals surface area (Å²) in [5.41, 5.74) is 9.60. The van der Waals surface area contributed by atoms with E-state index in [1.165, 1.54) is 0 Å². The van der Waals surface area contributed by atoms with Crippen LogP contribution in [-0.2, 0) is 0 Å². The number of nitriles is 1. The molecule has 0 aliphatic rings. The van der Waals surface area contributed by atoms with Crippen LogP contribution in [0.3, 0.4) is 0 Å². The summed E-state index contributed by atoms with van der Waals surface area (Å²) in [6.07, 6.45) is 1.75.